The Kier molecular flexibility index (Phi) is 5.88. The molecule has 4 rings (SSSR count). The second-order valence-electron chi connectivity index (χ2n) is 7.82. The summed E-state index contributed by atoms with van der Waals surface area (Å²) in [4.78, 5) is 2.58. The zero-order valence-electron chi connectivity index (χ0n) is 15.6. The SMILES string of the molecule is c1ccc(COc2ccc(CN3CCC(NCC4CC4)CC3)cc2)cc1. The van der Waals surface area contributed by atoms with Gasteiger partial charge in [-0.25, -0.2) is 0 Å². The van der Waals surface area contributed by atoms with Crippen molar-refractivity contribution in [2.45, 2.75) is 44.9 Å². The molecule has 0 unspecified atom stereocenters. The van der Waals surface area contributed by atoms with E-state index in [-0.39, 0.29) is 0 Å². The lowest BCUT2D eigenvalue weighted by Crippen LogP contribution is -2.42. The van der Waals surface area contributed by atoms with Gasteiger partial charge >= 0.3 is 0 Å². The second-order valence-corrected chi connectivity index (χ2v) is 7.82. The van der Waals surface area contributed by atoms with E-state index in [0.29, 0.717) is 6.61 Å². The van der Waals surface area contributed by atoms with Crippen molar-refractivity contribution in [3.63, 3.8) is 0 Å². The highest BCUT2D eigenvalue weighted by Crippen LogP contribution is 2.28. The fourth-order valence-corrected chi connectivity index (χ4v) is 3.64. The van der Waals surface area contributed by atoms with Crippen LogP contribution in [0, 0.1) is 5.92 Å². The van der Waals surface area contributed by atoms with Crippen LogP contribution in [0.1, 0.15) is 36.8 Å². The predicted molar refractivity (Wildman–Crippen MR) is 106 cm³/mol. The molecule has 3 nitrogen and oxygen atoms in total. The first-order chi connectivity index (χ1) is 12.8. The first-order valence-electron chi connectivity index (χ1n) is 10.1. The molecule has 1 saturated heterocycles. The standard InChI is InChI=1S/C23H30N2O/c1-2-4-21(5-3-1)18-26-23-10-8-20(9-11-23)17-25-14-12-22(13-15-25)24-16-19-6-7-19/h1-5,8-11,19,22,24H,6-7,12-18H2. The molecule has 2 aliphatic rings. The van der Waals surface area contributed by atoms with E-state index < -0.39 is 0 Å². The molecule has 0 amide bonds. The van der Waals surface area contributed by atoms with E-state index in [1.165, 1.54) is 56.4 Å². The molecule has 1 N–H and O–H groups in total. The van der Waals surface area contributed by atoms with Crippen LogP contribution in [0.2, 0.25) is 0 Å². The molecule has 3 heteroatoms. The summed E-state index contributed by atoms with van der Waals surface area (Å²) >= 11 is 0. The van der Waals surface area contributed by atoms with Crippen molar-refractivity contribution in [3.8, 4) is 5.75 Å². The number of hydrogen-bond donors (Lipinski definition) is 1. The number of likely N-dealkylation sites (tertiary alicyclic amines) is 1. The summed E-state index contributed by atoms with van der Waals surface area (Å²) in [6.07, 6.45) is 5.45. The number of hydrogen-bond acceptors (Lipinski definition) is 3. The smallest absolute Gasteiger partial charge is 0.119 e. The van der Waals surface area contributed by atoms with Gasteiger partial charge in [0, 0.05) is 12.6 Å². The Morgan fingerprint density at radius 1 is 0.846 bits per heavy atom. The zero-order chi connectivity index (χ0) is 17.6. The molecule has 138 valence electrons. The fraction of sp³-hybridized carbons (Fsp3) is 0.478. The lowest BCUT2D eigenvalue weighted by molar-refractivity contribution is 0.190. The maximum absolute atomic E-state index is 5.88. The first-order valence-corrected chi connectivity index (χ1v) is 10.1. The highest BCUT2D eigenvalue weighted by molar-refractivity contribution is 5.27. The van der Waals surface area contributed by atoms with Gasteiger partial charge in [0.25, 0.3) is 0 Å². The van der Waals surface area contributed by atoms with Crippen LogP contribution in [0.3, 0.4) is 0 Å². The van der Waals surface area contributed by atoms with Crippen molar-refractivity contribution < 1.29 is 4.74 Å². The molecule has 2 aromatic carbocycles. The van der Waals surface area contributed by atoms with E-state index in [1.54, 1.807) is 0 Å². The molecule has 26 heavy (non-hydrogen) atoms. The van der Waals surface area contributed by atoms with Crippen molar-refractivity contribution in [1.82, 2.24) is 10.2 Å². The van der Waals surface area contributed by atoms with Crippen LogP contribution in [0.25, 0.3) is 0 Å². The summed E-state index contributed by atoms with van der Waals surface area (Å²) in [6.45, 7) is 5.33. The molecule has 1 aliphatic heterocycles. The molecule has 0 spiro atoms. The summed E-state index contributed by atoms with van der Waals surface area (Å²) in [5.74, 6) is 1.93. The van der Waals surface area contributed by atoms with Gasteiger partial charge in [0.05, 0.1) is 0 Å². The summed E-state index contributed by atoms with van der Waals surface area (Å²) in [5, 5.41) is 3.76. The minimum atomic E-state index is 0.627. The Balaban J connectivity index is 1.19. The molecular weight excluding hydrogens is 320 g/mol. The van der Waals surface area contributed by atoms with Crippen LogP contribution in [0.5, 0.6) is 5.75 Å². The second kappa shape index (κ2) is 8.70. The van der Waals surface area contributed by atoms with E-state index >= 15 is 0 Å². The maximum atomic E-state index is 5.88. The minimum Gasteiger partial charge on any atom is -0.489 e. The molecule has 2 aromatic rings. The molecule has 0 atom stereocenters. The van der Waals surface area contributed by atoms with Crippen LogP contribution in [0.15, 0.2) is 54.6 Å². The molecule has 1 aliphatic carbocycles. The van der Waals surface area contributed by atoms with Crippen LogP contribution in [-0.4, -0.2) is 30.6 Å². The van der Waals surface area contributed by atoms with E-state index in [0.717, 1.165) is 24.3 Å². The average Bonchev–Trinajstić information content (AvgIpc) is 3.52. The third kappa shape index (κ3) is 5.33. The van der Waals surface area contributed by atoms with Gasteiger partial charge in [0.1, 0.15) is 12.4 Å². The van der Waals surface area contributed by atoms with Gasteiger partial charge in [-0.1, -0.05) is 42.5 Å². The van der Waals surface area contributed by atoms with Gasteiger partial charge in [0.15, 0.2) is 0 Å². The monoisotopic (exact) mass is 350 g/mol. The number of nitrogens with one attached hydrogen (secondary N) is 1. The highest BCUT2D eigenvalue weighted by Gasteiger charge is 2.24. The number of piperidine rings is 1. The quantitative estimate of drug-likeness (QED) is 0.771. The summed E-state index contributed by atoms with van der Waals surface area (Å²) in [7, 11) is 0. The normalized spacial score (nSPS) is 18.8. The van der Waals surface area contributed by atoms with E-state index in [4.69, 9.17) is 4.74 Å². The molecule has 0 radical (unpaired) electrons. The van der Waals surface area contributed by atoms with Crippen molar-refractivity contribution in [2.24, 2.45) is 5.92 Å². The Morgan fingerprint density at radius 3 is 2.27 bits per heavy atom. The third-order valence-electron chi connectivity index (χ3n) is 5.56. The Morgan fingerprint density at radius 2 is 1.58 bits per heavy atom. The molecule has 2 fully saturated rings. The topological polar surface area (TPSA) is 24.5 Å². The van der Waals surface area contributed by atoms with Crippen LogP contribution >= 0.6 is 0 Å². The van der Waals surface area contributed by atoms with Crippen LogP contribution < -0.4 is 10.1 Å². The van der Waals surface area contributed by atoms with Crippen LogP contribution in [-0.2, 0) is 13.2 Å². The van der Waals surface area contributed by atoms with Gasteiger partial charge in [-0.15, -0.1) is 0 Å². The Hall–Kier alpha value is -1.84. The van der Waals surface area contributed by atoms with E-state index in [9.17, 15) is 0 Å². The Labute approximate surface area is 157 Å². The maximum Gasteiger partial charge on any atom is 0.119 e. The number of benzene rings is 2. The lowest BCUT2D eigenvalue weighted by atomic mass is 10.0. The first kappa shape index (κ1) is 17.6. The van der Waals surface area contributed by atoms with Gasteiger partial charge in [0.2, 0.25) is 0 Å². The fourth-order valence-electron chi connectivity index (χ4n) is 3.64. The third-order valence-corrected chi connectivity index (χ3v) is 5.56. The van der Waals surface area contributed by atoms with Gasteiger partial charge in [-0.2, -0.15) is 0 Å². The van der Waals surface area contributed by atoms with Crippen molar-refractivity contribution in [2.75, 3.05) is 19.6 Å². The number of ether oxygens (including phenoxy) is 1. The summed E-state index contributed by atoms with van der Waals surface area (Å²) in [6, 6.07) is 19.7. The Bertz CT molecular complexity index is 658. The van der Waals surface area contributed by atoms with Crippen molar-refractivity contribution in [1.29, 1.82) is 0 Å². The highest BCUT2D eigenvalue weighted by atomic mass is 16.5. The average molecular weight is 351 g/mol. The van der Waals surface area contributed by atoms with E-state index in [1.807, 2.05) is 18.2 Å². The molecule has 1 saturated carbocycles. The van der Waals surface area contributed by atoms with Crippen molar-refractivity contribution >= 4 is 0 Å². The molecular formula is C23H30N2O. The van der Waals surface area contributed by atoms with Crippen molar-refractivity contribution in [3.05, 3.63) is 65.7 Å². The minimum absolute atomic E-state index is 0.627. The predicted octanol–water partition coefficient (Wildman–Crippen LogP) is 4.23. The van der Waals surface area contributed by atoms with Gasteiger partial charge in [-0.05, 0) is 74.5 Å². The summed E-state index contributed by atoms with van der Waals surface area (Å²) < 4.78 is 5.88. The van der Waals surface area contributed by atoms with Gasteiger partial charge in [-0.3, -0.25) is 4.90 Å². The summed E-state index contributed by atoms with van der Waals surface area (Å²) in [5.41, 5.74) is 2.58. The molecule has 0 bridgehead atoms. The molecule has 0 aromatic heterocycles. The largest absolute Gasteiger partial charge is 0.489 e. The van der Waals surface area contributed by atoms with Gasteiger partial charge < -0.3 is 10.1 Å². The lowest BCUT2D eigenvalue weighted by Gasteiger charge is -2.32. The number of rotatable bonds is 8. The van der Waals surface area contributed by atoms with Crippen LogP contribution in [0.4, 0.5) is 0 Å². The number of nitrogens with zero attached hydrogens (tertiary/aromatic N) is 1. The molecule has 1 heterocycles. The zero-order valence-corrected chi connectivity index (χ0v) is 15.6. The van der Waals surface area contributed by atoms with E-state index in [2.05, 4.69) is 46.6 Å².